The maximum absolute atomic E-state index is 13.3. The van der Waals surface area contributed by atoms with Crippen molar-refractivity contribution in [2.75, 3.05) is 12.4 Å². The molecule has 0 bridgehead atoms. The van der Waals surface area contributed by atoms with Gasteiger partial charge in [0.05, 0.1) is 12.7 Å². The molecule has 3 N–H and O–H groups in total. The summed E-state index contributed by atoms with van der Waals surface area (Å²) in [6.07, 6.45) is 1.17. The number of carbonyl (C=O) groups excluding carboxylic acids is 1. The number of aromatic amines is 2. The third-order valence-corrected chi connectivity index (χ3v) is 6.35. The number of hydrogen-bond acceptors (Lipinski definition) is 5. The highest BCUT2D eigenvalue weighted by molar-refractivity contribution is 6.01. The van der Waals surface area contributed by atoms with Crippen LogP contribution in [0.4, 0.5) is 5.82 Å². The number of ketones is 1. The Morgan fingerprint density at radius 2 is 1.79 bits per heavy atom. The molecule has 1 atom stereocenters. The number of Topliss-reactive ketones (excluding diaryl/α,β-unsaturated/α-hetero) is 1. The molecule has 0 saturated carbocycles. The topological polar surface area (TPSA) is 96.2 Å². The van der Waals surface area contributed by atoms with Crippen molar-refractivity contribution in [1.82, 2.24) is 10.2 Å². The second kappa shape index (κ2) is 7.99. The quantitative estimate of drug-likeness (QED) is 0.538. The number of anilines is 1. The number of allylic oxidation sites excluding steroid dienone is 2. The van der Waals surface area contributed by atoms with Gasteiger partial charge in [-0.25, -0.2) is 0 Å². The second-order valence-electron chi connectivity index (χ2n) is 9.44. The van der Waals surface area contributed by atoms with Gasteiger partial charge >= 0.3 is 0 Å². The summed E-state index contributed by atoms with van der Waals surface area (Å²) in [6, 6.07) is 15.5. The molecule has 170 valence electrons. The molecule has 0 amide bonds. The molecule has 2 aromatic carbocycles. The van der Waals surface area contributed by atoms with E-state index in [9.17, 15) is 9.59 Å². The summed E-state index contributed by atoms with van der Waals surface area (Å²) in [7, 11) is 1.59. The van der Waals surface area contributed by atoms with Crippen LogP contribution in [0.25, 0.3) is 0 Å². The van der Waals surface area contributed by atoms with Gasteiger partial charge in [-0.05, 0) is 35.1 Å². The molecular formula is C26H27N3O4. The number of fused-ring (bicyclic) bond motifs is 1. The molecule has 7 nitrogen and oxygen atoms in total. The number of aromatic nitrogens is 2. The molecule has 0 radical (unpaired) electrons. The first kappa shape index (κ1) is 21.1. The molecule has 1 aromatic heterocycles. The molecule has 7 heteroatoms. The van der Waals surface area contributed by atoms with Crippen molar-refractivity contribution in [3.63, 3.8) is 0 Å². The van der Waals surface area contributed by atoms with E-state index in [4.69, 9.17) is 9.47 Å². The molecule has 0 fully saturated rings. The van der Waals surface area contributed by atoms with Gasteiger partial charge in [-0.1, -0.05) is 50.2 Å². The van der Waals surface area contributed by atoms with Crippen molar-refractivity contribution in [2.45, 2.75) is 39.2 Å². The van der Waals surface area contributed by atoms with Crippen LogP contribution in [0.5, 0.6) is 11.5 Å². The van der Waals surface area contributed by atoms with Gasteiger partial charge in [0, 0.05) is 23.6 Å². The second-order valence-corrected chi connectivity index (χ2v) is 9.44. The van der Waals surface area contributed by atoms with Crippen molar-refractivity contribution in [3.05, 3.63) is 86.8 Å². The van der Waals surface area contributed by atoms with Crippen LogP contribution in [-0.2, 0) is 11.4 Å². The number of methoxy groups -OCH3 is 1. The first-order valence-electron chi connectivity index (χ1n) is 11.0. The Hall–Kier alpha value is -3.74. The third kappa shape index (κ3) is 3.84. The van der Waals surface area contributed by atoms with E-state index in [0.717, 1.165) is 23.2 Å². The van der Waals surface area contributed by atoms with Crippen molar-refractivity contribution in [1.29, 1.82) is 0 Å². The normalized spacial score (nSPS) is 18.9. The Morgan fingerprint density at radius 1 is 1.00 bits per heavy atom. The zero-order chi connectivity index (χ0) is 23.2. The number of hydrogen-bond donors (Lipinski definition) is 3. The van der Waals surface area contributed by atoms with Gasteiger partial charge in [0.15, 0.2) is 17.3 Å². The Labute approximate surface area is 191 Å². The highest BCUT2D eigenvalue weighted by atomic mass is 16.5. The van der Waals surface area contributed by atoms with Crippen molar-refractivity contribution in [2.24, 2.45) is 5.41 Å². The SMILES string of the molecule is COc1cc([C@H]2C3=C(CC(C)(C)CC3=O)Nc3[nH][nH]c(=O)c32)ccc1OCc1ccccc1. The molecule has 0 spiro atoms. The van der Waals surface area contributed by atoms with E-state index < -0.39 is 5.92 Å². The van der Waals surface area contributed by atoms with E-state index in [1.807, 2.05) is 48.5 Å². The summed E-state index contributed by atoms with van der Waals surface area (Å²) in [5.41, 5.74) is 3.52. The van der Waals surface area contributed by atoms with Crippen molar-refractivity contribution < 1.29 is 14.3 Å². The summed E-state index contributed by atoms with van der Waals surface area (Å²) in [6.45, 7) is 4.58. The molecular weight excluding hydrogens is 418 g/mol. The first-order chi connectivity index (χ1) is 15.9. The maximum Gasteiger partial charge on any atom is 0.270 e. The number of rotatable bonds is 5. The molecule has 33 heavy (non-hydrogen) atoms. The fraction of sp³-hybridized carbons (Fsp3) is 0.308. The molecule has 1 aliphatic heterocycles. The molecule has 5 rings (SSSR count). The lowest BCUT2D eigenvalue weighted by atomic mass is 9.69. The number of benzene rings is 2. The number of nitrogens with one attached hydrogen (secondary N) is 3. The molecule has 2 heterocycles. The van der Waals surface area contributed by atoms with Crippen LogP contribution in [0.3, 0.4) is 0 Å². The smallest absolute Gasteiger partial charge is 0.270 e. The van der Waals surface area contributed by atoms with Crippen LogP contribution in [0.1, 0.15) is 49.3 Å². The lowest BCUT2D eigenvalue weighted by molar-refractivity contribution is -0.118. The minimum absolute atomic E-state index is 0.0633. The van der Waals surface area contributed by atoms with Gasteiger partial charge in [0.2, 0.25) is 0 Å². The van der Waals surface area contributed by atoms with Crippen LogP contribution >= 0.6 is 0 Å². The minimum atomic E-state index is -0.480. The minimum Gasteiger partial charge on any atom is -0.493 e. The molecule has 0 saturated heterocycles. The molecule has 0 unspecified atom stereocenters. The lowest BCUT2D eigenvalue weighted by Gasteiger charge is -2.38. The standard InChI is InChI=1S/C26H27N3O4/c1-26(2)12-17-22(18(30)13-26)21(23-24(27-17)28-29-25(23)31)16-9-10-19(20(11-16)32-3)33-14-15-7-5-4-6-8-15/h4-11,21H,12-14H2,1-3H3,(H3,27,28,29,31)/t21-/m0/s1. The largest absolute Gasteiger partial charge is 0.493 e. The Bertz CT molecular complexity index is 1300. The average molecular weight is 446 g/mol. The highest BCUT2D eigenvalue weighted by Crippen LogP contribution is 2.48. The average Bonchev–Trinajstić information content (AvgIpc) is 3.16. The fourth-order valence-electron chi connectivity index (χ4n) is 4.87. The van der Waals surface area contributed by atoms with Gasteiger partial charge < -0.3 is 14.8 Å². The third-order valence-electron chi connectivity index (χ3n) is 6.35. The number of carbonyl (C=O) groups is 1. The van der Waals surface area contributed by atoms with Crippen molar-refractivity contribution in [3.8, 4) is 11.5 Å². The summed E-state index contributed by atoms with van der Waals surface area (Å²) in [5, 5.41) is 8.89. The van der Waals surface area contributed by atoms with Gasteiger partial charge in [-0.2, -0.15) is 0 Å². The lowest BCUT2D eigenvalue weighted by Crippen LogP contribution is -2.35. The Kier molecular flexibility index (Phi) is 5.12. The fourth-order valence-corrected chi connectivity index (χ4v) is 4.87. The zero-order valence-corrected chi connectivity index (χ0v) is 19.0. The summed E-state index contributed by atoms with van der Waals surface area (Å²) in [4.78, 5) is 26.0. The molecule has 3 aromatic rings. The van der Waals surface area contributed by atoms with E-state index in [-0.39, 0.29) is 16.8 Å². The van der Waals surface area contributed by atoms with Gasteiger partial charge in [0.1, 0.15) is 12.4 Å². The first-order valence-corrected chi connectivity index (χ1v) is 11.0. The Balaban J connectivity index is 1.55. The number of H-pyrrole nitrogens is 2. The molecule has 2 aliphatic rings. The monoisotopic (exact) mass is 445 g/mol. The van der Waals surface area contributed by atoms with E-state index in [0.29, 0.717) is 41.5 Å². The number of ether oxygens (including phenoxy) is 2. The van der Waals surface area contributed by atoms with E-state index in [1.54, 1.807) is 7.11 Å². The Morgan fingerprint density at radius 3 is 2.55 bits per heavy atom. The predicted molar refractivity (Wildman–Crippen MR) is 126 cm³/mol. The zero-order valence-electron chi connectivity index (χ0n) is 19.0. The van der Waals surface area contributed by atoms with Gasteiger partial charge in [-0.3, -0.25) is 19.8 Å². The van der Waals surface area contributed by atoms with Crippen LogP contribution in [0.2, 0.25) is 0 Å². The van der Waals surface area contributed by atoms with Crippen LogP contribution in [-0.4, -0.2) is 23.1 Å². The highest BCUT2D eigenvalue weighted by Gasteiger charge is 2.42. The van der Waals surface area contributed by atoms with Crippen LogP contribution in [0.15, 0.2) is 64.6 Å². The van der Waals surface area contributed by atoms with Crippen molar-refractivity contribution >= 4 is 11.6 Å². The maximum atomic E-state index is 13.3. The molecule has 1 aliphatic carbocycles. The van der Waals surface area contributed by atoms with E-state index in [1.165, 1.54) is 0 Å². The van der Waals surface area contributed by atoms with E-state index >= 15 is 0 Å². The summed E-state index contributed by atoms with van der Waals surface area (Å²) in [5.74, 6) is 1.35. The van der Waals surface area contributed by atoms with E-state index in [2.05, 4.69) is 29.4 Å². The predicted octanol–water partition coefficient (Wildman–Crippen LogP) is 4.49. The van der Waals surface area contributed by atoms with Gasteiger partial charge in [0.25, 0.3) is 5.56 Å². The van der Waals surface area contributed by atoms with Crippen LogP contribution in [0, 0.1) is 5.41 Å². The van der Waals surface area contributed by atoms with Crippen LogP contribution < -0.4 is 20.3 Å². The summed E-state index contributed by atoms with van der Waals surface area (Å²) < 4.78 is 11.6. The summed E-state index contributed by atoms with van der Waals surface area (Å²) >= 11 is 0. The van der Waals surface area contributed by atoms with Gasteiger partial charge in [-0.15, -0.1) is 0 Å².